The molecule has 6 heteroatoms. The van der Waals surface area contributed by atoms with E-state index < -0.39 is 17.6 Å². The van der Waals surface area contributed by atoms with Crippen molar-refractivity contribution < 1.29 is 14.0 Å². The van der Waals surface area contributed by atoms with Crippen LogP contribution >= 0.6 is 0 Å². The van der Waals surface area contributed by atoms with Gasteiger partial charge in [-0.25, -0.2) is 9.29 Å². The summed E-state index contributed by atoms with van der Waals surface area (Å²) in [7, 11) is 3.89. The van der Waals surface area contributed by atoms with Gasteiger partial charge in [-0.2, -0.15) is 0 Å². The predicted molar refractivity (Wildman–Crippen MR) is 126 cm³/mol. The van der Waals surface area contributed by atoms with E-state index in [1.807, 2.05) is 69.2 Å². The van der Waals surface area contributed by atoms with Crippen LogP contribution in [-0.4, -0.2) is 25.9 Å². The lowest BCUT2D eigenvalue weighted by Gasteiger charge is -2.17. The highest BCUT2D eigenvalue weighted by Gasteiger charge is 2.40. The molecule has 0 spiro atoms. The molecule has 0 saturated heterocycles. The van der Waals surface area contributed by atoms with Gasteiger partial charge in [-0.15, -0.1) is 0 Å². The van der Waals surface area contributed by atoms with Crippen molar-refractivity contribution in [3.8, 4) is 0 Å². The number of hydrogen-bond donors (Lipinski definition) is 1. The second-order valence-electron chi connectivity index (χ2n) is 8.04. The lowest BCUT2D eigenvalue weighted by molar-refractivity contribution is -0.120. The normalized spacial score (nSPS) is 13.7. The van der Waals surface area contributed by atoms with Gasteiger partial charge >= 0.3 is 0 Å². The molecule has 1 N–H and O–H groups in total. The number of carbonyl (C=O) groups excluding carboxylic acids is 2. The lowest BCUT2D eigenvalue weighted by Crippen LogP contribution is -2.32. The van der Waals surface area contributed by atoms with Gasteiger partial charge in [-0.05, 0) is 79.1 Å². The molecular formula is C26H24FN3O2. The van der Waals surface area contributed by atoms with Gasteiger partial charge in [0.15, 0.2) is 0 Å². The second kappa shape index (κ2) is 8.30. The number of aryl methyl sites for hydroxylation is 2. The SMILES string of the molecule is Cc1ccc(N2C(=O)C(Nc3ccc(N(C)C)cc3)=C(c3ccc(F)cc3)C2=O)cc1C. The van der Waals surface area contributed by atoms with E-state index >= 15 is 0 Å². The third-order valence-electron chi connectivity index (χ3n) is 5.62. The number of amides is 2. The van der Waals surface area contributed by atoms with E-state index in [0.29, 0.717) is 16.9 Å². The first-order valence-corrected chi connectivity index (χ1v) is 10.3. The second-order valence-corrected chi connectivity index (χ2v) is 8.04. The van der Waals surface area contributed by atoms with Crippen LogP contribution in [0.25, 0.3) is 5.57 Å². The molecule has 0 radical (unpaired) electrons. The Bertz CT molecular complexity index is 1230. The summed E-state index contributed by atoms with van der Waals surface area (Å²) >= 11 is 0. The van der Waals surface area contributed by atoms with Crippen LogP contribution < -0.4 is 15.1 Å². The number of nitrogens with one attached hydrogen (secondary N) is 1. The maximum Gasteiger partial charge on any atom is 0.282 e. The van der Waals surface area contributed by atoms with Gasteiger partial charge in [0, 0.05) is 25.5 Å². The van der Waals surface area contributed by atoms with Crippen LogP contribution in [0, 0.1) is 19.7 Å². The molecular weight excluding hydrogens is 405 g/mol. The van der Waals surface area contributed by atoms with E-state index in [2.05, 4.69) is 5.32 Å². The molecule has 5 nitrogen and oxygen atoms in total. The zero-order valence-corrected chi connectivity index (χ0v) is 18.4. The topological polar surface area (TPSA) is 52.7 Å². The van der Waals surface area contributed by atoms with Crippen molar-refractivity contribution in [3.63, 3.8) is 0 Å². The minimum Gasteiger partial charge on any atom is -0.378 e. The quantitative estimate of drug-likeness (QED) is 0.586. The van der Waals surface area contributed by atoms with Crippen molar-refractivity contribution >= 4 is 34.4 Å². The molecule has 32 heavy (non-hydrogen) atoms. The molecule has 0 aliphatic carbocycles. The zero-order chi connectivity index (χ0) is 23.0. The first kappa shape index (κ1) is 21.3. The van der Waals surface area contributed by atoms with Crippen LogP contribution in [-0.2, 0) is 9.59 Å². The summed E-state index contributed by atoms with van der Waals surface area (Å²) in [5.74, 6) is -1.31. The van der Waals surface area contributed by atoms with Gasteiger partial charge in [-0.3, -0.25) is 9.59 Å². The average molecular weight is 429 g/mol. The summed E-state index contributed by atoms with van der Waals surface area (Å²) < 4.78 is 13.5. The van der Waals surface area contributed by atoms with Gasteiger partial charge in [-0.1, -0.05) is 18.2 Å². The molecule has 0 atom stereocenters. The number of carbonyl (C=O) groups is 2. The van der Waals surface area contributed by atoms with Crippen LogP contribution in [0.3, 0.4) is 0 Å². The van der Waals surface area contributed by atoms with Crippen LogP contribution in [0.15, 0.2) is 72.4 Å². The Hall–Kier alpha value is -3.93. The van der Waals surface area contributed by atoms with Gasteiger partial charge in [0.2, 0.25) is 0 Å². The Morgan fingerprint density at radius 1 is 0.812 bits per heavy atom. The third-order valence-corrected chi connectivity index (χ3v) is 5.62. The van der Waals surface area contributed by atoms with Crippen molar-refractivity contribution in [3.05, 3.63) is 94.9 Å². The first-order chi connectivity index (χ1) is 15.3. The molecule has 1 aliphatic rings. The molecule has 0 saturated carbocycles. The standard InChI is InChI=1S/C26H24FN3O2/c1-16-5-12-22(15-17(16)2)30-25(31)23(18-6-8-19(27)9-7-18)24(26(30)32)28-20-10-13-21(14-11-20)29(3)4/h5-15,28H,1-4H3. The largest absolute Gasteiger partial charge is 0.378 e. The first-order valence-electron chi connectivity index (χ1n) is 10.3. The molecule has 1 heterocycles. The summed E-state index contributed by atoms with van der Waals surface area (Å²) in [4.78, 5) is 30.0. The fourth-order valence-corrected chi connectivity index (χ4v) is 3.62. The molecule has 1 aliphatic heterocycles. The molecule has 4 rings (SSSR count). The Kier molecular flexibility index (Phi) is 5.53. The molecule has 0 unspecified atom stereocenters. The fraction of sp³-hybridized carbons (Fsp3) is 0.154. The molecule has 2 amide bonds. The number of rotatable bonds is 5. The van der Waals surface area contributed by atoms with Crippen molar-refractivity contribution in [2.24, 2.45) is 0 Å². The molecule has 3 aromatic carbocycles. The lowest BCUT2D eigenvalue weighted by atomic mass is 10.0. The summed E-state index contributed by atoms with van der Waals surface area (Å²) in [6.07, 6.45) is 0. The smallest absolute Gasteiger partial charge is 0.282 e. The molecule has 0 bridgehead atoms. The van der Waals surface area contributed by atoms with Crippen LogP contribution in [0.1, 0.15) is 16.7 Å². The van der Waals surface area contributed by atoms with E-state index in [1.54, 1.807) is 6.07 Å². The van der Waals surface area contributed by atoms with E-state index in [0.717, 1.165) is 16.8 Å². The number of benzene rings is 3. The number of hydrogen-bond acceptors (Lipinski definition) is 4. The van der Waals surface area contributed by atoms with E-state index in [1.165, 1.54) is 29.2 Å². The molecule has 0 aromatic heterocycles. The van der Waals surface area contributed by atoms with Crippen molar-refractivity contribution in [1.29, 1.82) is 0 Å². The maximum atomic E-state index is 13.5. The highest BCUT2D eigenvalue weighted by Crippen LogP contribution is 2.34. The Balaban J connectivity index is 1.78. The van der Waals surface area contributed by atoms with Crippen LogP contribution in [0.5, 0.6) is 0 Å². The van der Waals surface area contributed by atoms with Crippen molar-refractivity contribution in [1.82, 2.24) is 0 Å². The van der Waals surface area contributed by atoms with E-state index in [4.69, 9.17) is 0 Å². The van der Waals surface area contributed by atoms with Crippen LogP contribution in [0.2, 0.25) is 0 Å². The number of nitrogens with zero attached hydrogens (tertiary/aromatic N) is 2. The van der Waals surface area contributed by atoms with Gasteiger partial charge in [0.05, 0.1) is 11.3 Å². The monoisotopic (exact) mass is 429 g/mol. The minimum atomic E-state index is -0.450. The van der Waals surface area contributed by atoms with Gasteiger partial charge in [0.25, 0.3) is 11.8 Å². The zero-order valence-electron chi connectivity index (χ0n) is 18.4. The number of imide groups is 1. The van der Waals surface area contributed by atoms with E-state index in [9.17, 15) is 14.0 Å². The van der Waals surface area contributed by atoms with Crippen LogP contribution in [0.4, 0.5) is 21.5 Å². The highest BCUT2D eigenvalue weighted by atomic mass is 19.1. The average Bonchev–Trinajstić information content (AvgIpc) is 3.01. The number of anilines is 3. The van der Waals surface area contributed by atoms with Crippen molar-refractivity contribution in [2.45, 2.75) is 13.8 Å². The fourth-order valence-electron chi connectivity index (χ4n) is 3.62. The van der Waals surface area contributed by atoms with Gasteiger partial charge in [0.1, 0.15) is 11.5 Å². The third kappa shape index (κ3) is 3.87. The summed E-state index contributed by atoms with van der Waals surface area (Å²) in [5.41, 5.74) is 5.08. The van der Waals surface area contributed by atoms with Crippen molar-refractivity contribution in [2.75, 3.05) is 29.2 Å². The predicted octanol–water partition coefficient (Wildman–Crippen LogP) is 4.91. The Morgan fingerprint density at radius 3 is 2.06 bits per heavy atom. The molecule has 0 fully saturated rings. The summed E-state index contributed by atoms with van der Waals surface area (Å²) in [5, 5.41) is 3.13. The van der Waals surface area contributed by atoms with Gasteiger partial charge < -0.3 is 10.2 Å². The van der Waals surface area contributed by atoms with E-state index in [-0.39, 0.29) is 11.3 Å². The highest BCUT2D eigenvalue weighted by molar-refractivity contribution is 6.46. The molecule has 162 valence electrons. The Labute approximate surface area is 186 Å². The minimum absolute atomic E-state index is 0.164. The molecule has 3 aromatic rings. The number of halogens is 1. The maximum absolute atomic E-state index is 13.5. The summed E-state index contributed by atoms with van der Waals surface area (Å²) in [6, 6.07) is 18.6. The summed E-state index contributed by atoms with van der Waals surface area (Å²) in [6.45, 7) is 3.91. The Morgan fingerprint density at radius 2 is 1.47 bits per heavy atom.